The highest BCUT2D eigenvalue weighted by Crippen LogP contribution is 2.43. The minimum Gasteiger partial charge on any atom is -0.497 e. The van der Waals surface area contributed by atoms with E-state index < -0.39 is 0 Å². The summed E-state index contributed by atoms with van der Waals surface area (Å²) in [6.07, 6.45) is 2.58. The fourth-order valence-corrected chi connectivity index (χ4v) is 2.63. The molecule has 1 fully saturated rings. The highest BCUT2D eigenvalue weighted by molar-refractivity contribution is 5.53. The summed E-state index contributed by atoms with van der Waals surface area (Å²) in [5.41, 5.74) is 4.58. The van der Waals surface area contributed by atoms with Crippen LogP contribution in [0, 0.1) is 19.8 Å². The maximum Gasteiger partial charge on any atom is 0.118 e. The molecule has 0 bridgehead atoms. The molecular weight excluding hydrogens is 250 g/mol. The molecule has 0 saturated heterocycles. The molecule has 1 aliphatic rings. The zero-order valence-corrected chi connectivity index (χ0v) is 12.2. The van der Waals surface area contributed by atoms with Crippen LogP contribution in [-0.4, -0.2) is 17.3 Å². The van der Waals surface area contributed by atoms with Crippen LogP contribution in [-0.2, 0) is 0 Å². The number of benzene rings is 1. The Balaban J connectivity index is 1.85. The van der Waals surface area contributed by atoms with Crippen LogP contribution in [0.3, 0.4) is 0 Å². The molecule has 1 saturated carbocycles. The van der Waals surface area contributed by atoms with Crippen LogP contribution in [0.15, 0.2) is 24.3 Å². The van der Waals surface area contributed by atoms with Crippen molar-refractivity contribution in [2.24, 2.45) is 5.92 Å². The Kier molecular flexibility index (Phi) is 3.38. The third-order valence-corrected chi connectivity index (χ3v) is 4.00. The number of hydrogen-bond donors (Lipinski definition) is 2. The van der Waals surface area contributed by atoms with Crippen molar-refractivity contribution in [3.8, 4) is 5.75 Å². The molecule has 0 aliphatic heterocycles. The molecule has 20 heavy (non-hydrogen) atoms. The van der Waals surface area contributed by atoms with Gasteiger partial charge in [0.05, 0.1) is 30.2 Å². The molecule has 1 aliphatic carbocycles. The Labute approximate surface area is 119 Å². The number of hydrogen-bond acceptors (Lipinski definition) is 3. The first-order valence-electron chi connectivity index (χ1n) is 7.11. The van der Waals surface area contributed by atoms with Crippen molar-refractivity contribution in [2.45, 2.75) is 32.7 Å². The zero-order valence-electron chi connectivity index (χ0n) is 12.2. The number of nitrogens with zero attached hydrogens (tertiary/aromatic N) is 1. The van der Waals surface area contributed by atoms with Gasteiger partial charge in [-0.1, -0.05) is 12.1 Å². The molecule has 1 unspecified atom stereocenters. The van der Waals surface area contributed by atoms with Gasteiger partial charge in [-0.05, 0) is 50.3 Å². The normalized spacial score (nSPS) is 15.9. The lowest BCUT2D eigenvalue weighted by Crippen LogP contribution is -2.13. The number of aromatic nitrogens is 2. The third kappa shape index (κ3) is 2.50. The van der Waals surface area contributed by atoms with Gasteiger partial charge >= 0.3 is 0 Å². The van der Waals surface area contributed by atoms with Gasteiger partial charge in [-0.25, -0.2) is 0 Å². The monoisotopic (exact) mass is 271 g/mol. The topological polar surface area (TPSA) is 49.9 Å². The van der Waals surface area contributed by atoms with Crippen molar-refractivity contribution in [1.29, 1.82) is 0 Å². The maximum absolute atomic E-state index is 5.23. The van der Waals surface area contributed by atoms with Gasteiger partial charge in [-0.15, -0.1) is 0 Å². The van der Waals surface area contributed by atoms with E-state index in [4.69, 9.17) is 4.74 Å². The fourth-order valence-electron chi connectivity index (χ4n) is 2.63. The second-order valence-corrected chi connectivity index (χ2v) is 5.54. The molecule has 3 rings (SSSR count). The summed E-state index contributed by atoms with van der Waals surface area (Å²) in [6.45, 7) is 4.09. The number of nitrogens with one attached hydrogen (secondary N) is 2. The van der Waals surface area contributed by atoms with E-state index in [2.05, 4.69) is 34.6 Å². The summed E-state index contributed by atoms with van der Waals surface area (Å²) in [5.74, 6) is 1.62. The largest absolute Gasteiger partial charge is 0.497 e. The zero-order chi connectivity index (χ0) is 14.1. The summed E-state index contributed by atoms with van der Waals surface area (Å²) in [5, 5.41) is 11.0. The number of anilines is 1. The lowest BCUT2D eigenvalue weighted by Gasteiger charge is -2.20. The smallest absolute Gasteiger partial charge is 0.118 e. The molecule has 0 spiro atoms. The van der Waals surface area contributed by atoms with Crippen molar-refractivity contribution >= 4 is 5.69 Å². The second-order valence-electron chi connectivity index (χ2n) is 5.54. The summed E-state index contributed by atoms with van der Waals surface area (Å²) in [6, 6.07) is 8.72. The SMILES string of the molecule is COc1ccc(C(Nc2c(C)n[nH]c2C)C2CC2)cc1. The number of H-pyrrole nitrogens is 1. The van der Waals surface area contributed by atoms with Crippen molar-refractivity contribution in [3.63, 3.8) is 0 Å². The average molecular weight is 271 g/mol. The fraction of sp³-hybridized carbons (Fsp3) is 0.438. The first-order valence-corrected chi connectivity index (χ1v) is 7.11. The van der Waals surface area contributed by atoms with Gasteiger partial charge in [-0.3, -0.25) is 5.10 Å². The van der Waals surface area contributed by atoms with E-state index >= 15 is 0 Å². The van der Waals surface area contributed by atoms with Gasteiger partial charge in [0.15, 0.2) is 0 Å². The van der Waals surface area contributed by atoms with Gasteiger partial charge in [0.2, 0.25) is 0 Å². The first kappa shape index (κ1) is 13.0. The Morgan fingerprint density at radius 2 is 1.95 bits per heavy atom. The molecule has 1 aromatic heterocycles. The van der Waals surface area contributed by atoms with E-state index in [1.165, 1.54) is 18.4 Å². The average Bonchev–Trinajstić information content (AvgIpc) is 3.26. The standard InChI is InChI=1S/C16H21N3O/c1-10-15(11(2)19-18-10)17-16(12-4-5-12)13-6-8-14(20-3)9-7-13/h6-9,12,16-17H,4-5H2,1-3H3,(H,18,19). The molecule has 2 N–H and O–H groups in total. The Morgan fingerprint density at radius 1 is 1.25 bits per heavy atom. The lowest BCUT2D eigenvalue weighted by atomic mass is 10.0. The number of ether oxygens (including phenoxy) is 1. The molecule has 1 atom stereocenters. The van der Waals surface area contributed by atoms with E-state index in [-0.39, 0.29) is 0 Å². The molecule has 1 heterocycles. The molecule has 2 aromatic rings. The highest BCUT2D eigenvalue weighted by Gasteiger charge is 2.33. The molecule has 1 aromatic carbocycles. The predicted molar refractivity (Wildman–Crippen MR) is 80.1 cm³/mol. The predicted octanol–water partition coefficient (Wildman–Crippen LogP) is 3.60. The summed E-state index contributed by atoms with van der Waals surface area (Å²) < 4.78 is 5.23. The summed E-state index contributed by atoms with van der Waals surface area (Å²) >= 11 is 0. The van der Waals surface area contributed by atoms with E-state index in [0.29, 0.717) is 6.04 Å². The van der Waals surface area contributed by atoms with Crippen LogP contribution in [0.4, 0.5) is 5.69 Å². The first-order chi connectivity index (χ1) is 9.69. The summed E-state index contributed by atoms with van der Waals surface area (Å²) in [4.78, 5) is 0. The van der Waals surface area contributed by atoms with Crippen molar-refractivity contribution in [2.75, 3.05) is 12.4 Å². The molecule has 0 radical (unpaired) electrons. The Morgan fingerprint density at radius 3 is 2.45 bits per heavy atom. The van der Waals surface area contributed by atoms with Crippen LogP contribution in [0.1, 0.15) is 35.8 Å². The van der Waals surface area contributed by atoms with Crippen LogP contribution >= 0.6 is 0 Å². The number of methoxy groups -OCH3 is 1. The molecule has 4 nitrogen and oxygen atoms in total. The number of aryl methyl sites for hydroxylation is 2. The van der Waals surface area contributed by atoms with Crippen molar-refractivity contribution in [3.05, 3.63) is 41.2 Å². The Hall–Kier alpha value is -1.97. The van der Waals surface area contributed by atoms with E-state index in [9.17, 15) is 0 Å². The van der Waals surface area contributed by atoms with Gasteiger partial charge in [0, 0.05) is 0 Å². The van der Waals surface area contributed by atoms with Gasteiger partial charge in [0.25, 0.3) is 0 Å². The van der Waals surface area contributed by atoms with Gasteiger partial charge in [-0.2, -0.15) is 5.10 Å². The van der Waals surface area contributed by atoms with Crippen LogP contribution < -0.4 is 10.1 Å². The molecular formula is C16H21N3O. The van der Waals surface area contributed by atoms with Gasteiger partial charge in [0.1, 0.15) is 5.75 Å². The summed E-state index contributed by atoms with van der Waals surface area (Å²) in [7, 11) is 1.70. The van der Waals surface area contributed by atoms with Gasteiger partial charge < -0.3 is 10.1 Å². The quantitative estimate of drug-likeness (QED) is 0.873. The minimum absolute atomic E-state index is 0.357. The molecule has 0 amide bonds. The molecule has 4 heteroatoms. The highest BCUT2D eigenvalue weighted by atomic mass is 16.5. The number of rotatable bonds is 5. The molecule has 106 valence electrons. The number of aromatic amines is 1. The van der Waals surface area contributed by atoms with Crippen LogP contribution in [0.2, 0.25) is 0 Å². The van der Waals surface area contributed by atoms with Crippen molar-refractivity contribution < 1.29 is 4.74 Å². The van der Waals surface area contributed by atoms with Crippen LogP contribution in [0.25, 0.3) is 0 Å². The van der Waals surface area contributed by atoms with E-state index in [0.717, 1.165) is 28.7 Å². The van der Waals surface area contributed by atoms with Crippen LogP contribution in [0.5, 0.6) is 5.75 Å². The van der Waals surface area contributed by atoms with E-state index in [1.54, 1.807) is 7.11 Å². The lowest BCUT2D eigenvalue weighted by molar-refractivity contribution is 0.414. The van der Waals surface area contributed by atoms with E-state index in [1.807, 2.05) is 19.1 Å². The second kappa shape index (κ2) is 5.19. The maximum atomic E-state index is 5.23. The van der Waals surface area contributed by atoms with Crippen molar-refractivity contribution in [1.82, 2.24) is 10.2 Å². The Bertz CT molecular complexity index is 565. The third-order valence-electron chi connectivity index (χ3n) is 4.00. The minimum atomic E-state index is 0.357.